The van der Waals surface area contributed by atoms with Gasteiger partial charge in [-0.25, -0.2) is 4.79 Å². The first kappa shape index (κ1) is 18.0. The van der Waals surface area contributed by atoms with Crippen molar-refractivity contribution in [1.29, 1.82) is 0 Å². The molecule has 0 radical (unpaired) electrons. The van der Waals surface area contributed by atoms with Gasteiger partial charge in [0.25, 0.3) is 0 Å². The van der Waals surface area contributed by atoms with Crippen LogP contribution < -0.4 is 0 Å². The summed E-state index contributed by atoms with van der Waals surface area (Å²) in [6.07, 6.45) is 12.9. The molecule has 0 aromatic rings. The van der Waals surface area contributed by atoms with Crippen LogP contribution in [-0.2, 0) is 4.79 Å². The molecule has 3 nitrogen and oxygen atoms in total. The third-order valence-corrected chi connectivity index (χ3v) is 3.52. The molecule has 0 unspecified atom stereocenters. The average Bonchev–Trinajstić information content (AvgIpc) is 2.39. The van der Waals surface area contributed by atoms with Gasteiger partial charge >= 0.3 is 5.97 Å². The van der Waals surface area contributed by atoms with E-state index in [2.05, 4.69) is 6.92 Å². The number of hydrogen-bond donors (Lipinski definition) is 2. The van der Waals surface area contributed by atoms with Crippen LogP contribution in [0.2, 0.25) is 0 Å². The van der Waals surface area contributed by atoms with Crippen LogP contribution in [0.25, 0.3) is 0 Å². The van der Waals surface area contributed by atoms with E-state index in [1.54, 1.807) is 0 Å². The van der Waals surface area contributed by atoms with Crippen molar-refractivity contribution in [2.45, 2.75) is 84.5 Å². The largest absolute Gasteiger partial charge is 0.512 e. The SMILES string of the molecule is CCCCCCCCCCCCC(O)=C(C)C(=O)O. The molecule has 0 saturated heterocycles. The predicted molar refractivity (Wildman–Crippen MR) is 79.4 cm³/mol. The molecule has 0 saturated carbocycles. The Morgan fingerprint density at radius 2 is 1.21 bits per heavy atom. The average molecular weight is 270 g/mol. The minimum absolute atomic E-state index is 0.0343. The Morgan fingerprint density at radius 1 is 0.789 bits per heavy atom. The predicted octanol–water partition coefficient (Wildman–Crippen LogP) is 5.21. The standard InChI is InChI=1S/C16H30O3/c1-3-4-5-6-7-8-9-10-11-12-13-15(17)14(2)16(18)19/h17H,3-13H2,1-2H3,(H,18,19). The van der Waals surface area contributed by atoms with Gasteiger partial charge in [-0.2, -0.15) is 0 Å². The zero-order chi connectivity index (χ0) is 14.5. The molecule has 0 aliphatic rings. The number of aliphatic carboxylic acids is 1. The van der Waals surface area contributed by atoms with Crippen LogP contribution in [0.1, 0.15) is 84.5 Å². The first-order valence-electron chi connectivity index (χ1n) is 7.71. The van der Waals surface area contributed by atoms with Gasteiger partial charge in [-0.1, -0.05) is 64.7 Å². The van der Waals surface area contributed by atoms with Crippen molar-refractivity contribution in [3.05, 3.63) is 11.3 Å². The van der Waals surface area contributed by atoms with E-state index in [0.29, 0.717) is 6.42 Å². The van der Waals surface area contributed by atoms with Crippen molar-refractivity contribution in [2.75, 3.05) is 0 Å². The summed E-state index contributed by atoms with van der Waals surface area (Å²) in [6.45, 7) is 3.68. The number of carboxylic acids is 1. The first-order chi connectivity index (χ1) is 9.09. The van der Waals surface area contributed by atoms with Crippen LogP contribution >= 0.6 is 0 Å². The molecular formula is C16H30O3. The summed E-state index contributed by atoms with van der Waals surface area (Å²) in [5.74, 6) is -0.989. The van der Waals surface area contributed by atoms with Crippen LogP contribution in [0.4, 0.5) is 0 Å². The summed E-state index contributed by atoms with van der Waals surface area (Å²) < 4.78 is 0. The summed E-state index contributed by atoms with van der Waals surface area (Å²) in [5.41, 5.74) is 0.0796. The van der Waals surface area contributed by atoms with Gasteiger partial charge in [0.1, 0.15) is 5.76 Å². The van der Waals surface area contributed by atoms with Crippen LogP contribution in [0.15, 0.2) is 11.3 Å². The van der Waals surface area contributed by atoms with Crippen LogP contribution in [0.3, 0.4) is 0 Å². The minimum Gasteiger partial charge on any atom is -0.512 e. The van der Waals surface area contributed by atoms with Crippen molar-refractivity contribution in [3.63, 3.8) is 0 Å². The van der Waals surface area contributed by atoms with Gasteiger partial charge in [0.15, 0.2) is 0 Å². The first-order valence-corrected chi connectivity index (χ1v) is 7.71. The summed E-state index contributed by atoms with van der Waals surface area (Å²) >= 11 is 0. The highest BCUT2D eigenvalue weighted by atomic mass is 16.4. The van der Waals surface area contributed by atoms with Crippen LogP contribution in [-0.4, -0.2) is 16.2 Å². The fourth-order valence-electron chi connectivity index (χ4n) is 2.09. The van der Waals surface area contributed by atoms with Crippen molar-refractivity contribution >= 4 is 5.97 Å². The number of aliphatic hydroxyl groups excluding tert-OH is 1. The molecule has 0 aromatic carbocycles. The lowest BCUT2D eigenvalue weighted by Crippen LogP contribution is -2.01. The second-order valence-corrected chi connectivity index (χ2v) is 5.31. The summed E-state index contributed by atoms with van der Waals surface area (Å²) in [7, 11) is 0. The van der Waals surface area contributed by atoms with E-state index in [0.717, 1.165) is 12.8 Å². The molecule has 0 bridgehead atoms. The smallest absolute Gasteiger partial charge is 0.334 e. The van der Waals surface area contributed by atoms with E-state index in [1.165, 1.54) is 58.3 Å². The molecule has 2 N–H and O–H groups in total. The Labute approximate surface area is 117 Å². The number of carboxylic acid groups (broad SMARTS) is 1. The molecule has 3 heteroatoms. The third-order valence-electron chi connectivity index (χ3n) is 3.52. The number of rotatable bonds is 12. The van der Waals surface area contributed by atoms with Crippen molar-refractivity contribution < 1.29 is 15.0 Å². The van der Waals surface area contributed by atoms with Crippen molar-refractivity contribution in [3.8, 4) is 0 Å². The van der Waals surface area contributed by atoms with Crippen LogP contribution in [0, 0.1) is 0 Å². The quantitative estimate of drug-likeness (QED) is 0.290. The Kier molecular flexibility index (Phi) is 11.4. The number of carbonyl (C=O) groups is 1. The number of hydrogen-bond acceptors (Lipinski definition) is 2. The van der Waals surface area contributed by atoms with Crippen molar-refractivity contribution in [2.24, 2.45) is 0 Å². The minimum atomic E-state index is -1.02. The monoisotopic (exact) mass is 270 g/mol. The summed E-state index contributed by atoms with van der Waals surface area (Å²) in [4.78, 5) is 10.6. The van der Waals surface area contributed by atoms with Gasteiger partial charge in [-0.3, -0.25) is 0 Å². The lowest BCUT2D eigenvalue weighted by molar-refractivity contribution is -0.132. The Morgan fingerprint density at radius 3 is 1.63 bits per heavy atom. The Hall–Kier alpha value is -0.990. The van der Waals surface area contributed by atoms with E-state index in [4.69, 9.17) is 5.11 Å². The molecular weight excluding hydrogens is 240 g/mol. The van der Waals surface area contributed by atoms with Gasteiger partial charge in [0.2, 0.25) is 0 Å². The molecule has 0 heterocycles. The van der Waals surface area contributed by atoms with Crippen LogP contribution in [0.5, 0.6) is 0 Å². The van der Waals surface area contributed by atoms with Gasteiger partial charge in [0, 0.05) is 6.42 Å². The fraction of sp³-hybridized carbons (Fsp3) is 0.812. The highest BCUT2D eigenvalue weighted by Crippen LogP contribution is 2.14. The number of aliphatic hydroxyl groups is 1. The molecule has 0 amide bonds. The lowest BCUT2D eigenvalue weighted by Gasteiger charge is -2.04. The van der Waals surface area contributed by atoms with E-state index >= 15 is 0 Å². The van der Waals surface area contributed by atoms with Crippen molar-refractivity contribution in [1.82, 2.24) is 0 Å². The molecule has 0 aromatic heterocycles. The van der Waals surface area contributed by atoms with E-state index in [9.17, 15) is 9.90 Å². The zero-order valence-electron chi connectivity index (χ0n) is 12.6. The molecule has 0 atom stereocenters. The van der Waals surface area contributed by atoms with E-state index < -0.39 is 5.97 Å². The van der Waals surface area contributed by atoms with E-state index in [-0.39, 0.29) is 11.3 Å². The Bertz CT molecular complexity index is 269. The molecule has 0 aliphatic carbocycles. The maximum Gasteiger partial charge on any atom is 0.334 e. The maximum atomic E-state index is 10.6. The molecule has 19 heavy (non-hydrogen) atoms. The lowest BCUT2D eigenvalue weighted by atomic mass is 10.0. The second kappa shape index (κ2) is 12.1. The van der Waals surface area contributed by atoms with Gasteiger partial charge in [0.05, 0.1) is 5.57 Å². The third kappa shape index (κ3) is 10.6. The summed E-state index contributed by atoms with van der Waals surface area (Å²) in [5, 5.41) is 18.2. The van der Waals surface area contributed by atoms with Gasteiger partial charge < -0.3 is 10.2 Å². The number of unbranched alkanes of at least 4 members (excludes halogenated alkanes) is 9. The fourth-order valence-corrected chi connectivity index (χ4v) is 2.09. The zero-order valence-corrected chi connectivity index (χ0v) is 12.6. The highest BCUT2D eigenvalue weighted by Gasteiger charge is 2.07. The maximum absolute atomic E-state index is 10.6. The second-order valence-electron chi connectivity index (χ2n) is 5.31. The molecule has 0 fully saturated rings. The molecule has 112 valence electrons. The van der Waals surface area contributed by atoms with Gasteiger partial charge in [-0.05, 0) is 13.3 Å². The molecule has 0 aliphatic heterocycles. The van der Waals surface area contributed by atoms with E-state index in [1.807, 2.05) is 0 Å². The number of allylic oxidation sites excluding steroid dienone is 1. The normalized spacial score (nSPS) is 12.3. The highest BCUT2D eigenvalue weighted by molar-refractivity contribution is 5.86. The molecule has 0 rings (SSSR count). The summed E-state index contributed by atoms with van der Waals surface area (Å²) in [6, 6.07) is 0. The Balaban J connectivity index is 3.36. The topological polar surface area (TPSA) is 57.5 Å². The van der Waals surface area contributed by atoms with Gasteiger partial charge in [-0.15, -0.1) is 0 Å². The molecule has 0 spiro atoms.